The lowest BCUT2D eigenvalue weighted by Crippen LogP contribution is -2.52. The number of fused-ring (bicyclic) bond motifs is 1. The van der Waals surface area contributed by atoms with Gasteiger partial charge in [-0.1, -0.05) is 37.5 Å². The van der Waals surface area contributed by atoms with Gasteiger partial charge in [-0.25, -0.2) is 17.5 Å². The molecule has 0 atom stereocenters. The lowest BCUT2D eigenvalue weighted by Gasteiger charge is -2.37. The van der Waals surface area contributed by atoms with Gasteiger partial charge in [0.2, 0.25) is 5.91 Å². The van der Waals surface area contributed by atoms with Crippen LogP contribution < -0.4 is 10.1 Å². The van der Waals surface area contributed by atoms with Crippen molar-refractivity contribution in [2.24, 2.45) is 0 Å². The lowest BCUT2D eigenvalue weighted by atomic mass is 9.77. The fraction of sp³-hybridized carbons (Fsp3) is 0.464. The Bertz CT molecular complexity index is 1330. The molecule has 2 aromatic rings. The minimum atomic E-state index is -4.02. The molecular formula is C28H35N3O6S. The Hall–Kier alpha value is -3.40. The smallest absolute Gasteiger partial charge is 0.331 e. The second-order valence-corrected chi connectivity index (χ2v) is 12.4. The molecule has 2 aliphatic rings. The van der Waals surface area contributed by atoms with Gasteiger partial charge >= 0.3 is 6.03 Å². The summed E-state index contributed by atoms with van der Waals surface area (Å²) < 4.78 is 32.0. The van der Waals surface area contributed by atoms with Crippen LogP contribution >= 0.6 is 0 Å². The number of amides is 4. The van der Waals surface area contributed by atoms with Crippen molar-refractivity contribution in [1.29, 1.82) is 0 Å². The van der Waals surface area contributed by atoms with Crippen molar-refractivity contribution in [3.8, 4) is 5.75 Å². The van der Waals surface area contributed by atoms with E-state index in [1.165, 1.54) is 31.2 Å². The van der Waals surface area contributed by atoms with Gasteiger partial charge in [-0.2, -0.15) is 0 Å². The summed E-state index contributed by atoms with van der Waals surface area (Å²) in [4.78, 5) is 40.2. The number of imide groups is 1. The van der Waals surface area contributed by atoms with Crippen molar-refractivity contribution in [3.05, 3.63) is 59.2 Å². The van der Waals surface area contributed by atoms with Crippen LogP contribution in [0.2, 0.25) is 0 Å². The summed E-state index contributed by atoms with van der Waals surface area (Å²) in [6.45, 7) is 3.73. The lowest BCUT2D eigenvalue weighted by molar-refractivity contribution is -0.134. The Morgan fingerprint density at radius 1 is 1.08 bits per heavy atom. The highest BCUT2D eigenvalue weighted by atomic mass is 32.2. The number of carbonyl (C=O) groups is 3. The first-order valence-electron chi connectivity index (χ1n) is 12.9. The summed E-state index contributed by atoms with van der Waals surface area (Å²) >= 11 is 0. The van der Waals surface area contributed by atoms with Crippen molar-refractivity contribution in [2.45, 2.75) is 68.7 Å². The molecule has 2 aromatic carbocycles. The van der Waals surface area contributed by atoms with Crippen LogP contribution in [0.4, 0.5) is 4.79 Å². The highest BCUT2D eigenvalue weighted by Crippen LogP contribution is 2.36. The van der Waals surface area contributed by atoms with E-state index >= 15 is 0 Å². The predicted octanol–water partition coefficient (Wildman–Crippen LogP) is 3.86. The van der Waals surface area contributed by atoms with Gasteiger partial charge in [0.25, 0.3) is 15.9 Å². The van der Waals surface area contributed by atoms with Crippen LogP contribution in [0.5, 0.6) is 5.75 Å². The van der Waals surface area contributed by atoms with E-state index in [2.05, 4.69) is 5.32 Å². The second kappa shape index (κ2) is 10.8. The number of methoxy groups -OCH3 is 1. The summed E-state index contributed by atoms with van der Waals surface area (Å²) in [6, 6.07) is 10.7. The van der Waals surface area contributed by atoms with Crippen LogP contribution in [0.25, 0.3) is 0 Å². The normalized spacial score (nSPS) is 17.6. The minimum absolute atomic E-state index is 0.00479. The van der Waals surface area contributed by atoms with E-state index in [0.717, 1.165) is 42.0 Å². The standard InChI is InChI=1S/C28H35N3O6S/c1-28(2)24-15-12-21(37-4)18-23(24)25(32)31(26(28)33)17-16-19-10-13-22(14-11-19)38(35,36)30(3)27(34)29-20-8-6-5-7-9-20/h10-15,18,20H,5-9,16-17H2,1-4H3,(H,29,34). The number of carbonyl (C=O) groups excluding carboxylic acids is 3. The van der Waals surface area contributed by atoms with Crippen molar-refractivity contribution in [2.75, 3.05) is 20.7 Å². The van der Waals surface area contributed by atoms with Gasteiger partial charge in [-0.3, -0.25) is 14.5 Å². The molecule has 9 nitrogen and oxygen atoms in total. The Morgan fingerprint density at radius 2 is 1.74 bits per heavy atom. The van der Waals surface area contributed by atoms with Crippen molar-refractivity contribution < 1.29 is 27.5 Å². The van der Waals surface area contributed by atoms with Crippen molar-refractivity contribution >= 4 is 27.9 Å². The van der Waals surface area contributed by atoms with Gasteiger partial charge in [0.05, 0.1) is 17.4 Å². The van der Waals surface area contributed by atoms with Crippen LogP contribution in [0.1, 0.15) is 67.4 Å². The van der Waals surface area contributed by atoms with Gasteiger partial charge in [0.1, 0.15) is 5.75 Å². The number of hydrogen-bond acceptors (Lipinski definition) is 6. The quantitative estimate of drug-likeness (QED) is 0.533. The third-order valence-corrected chi connectivity index (χ3v) is 9.33. The highest BCUT2D eigenvalue weighted by Gasteiger charge is 2.44. The molecule has 1 fully saturated rings. The summed E-state index contributed by atoms with van der Waals surface area (Å²) in [5.74, 6) is -0.130. The number of ether oxygens (including phenoxy) is 1. The Kier molecular flexibility index (Phi) is 7.83. The molecule has 10 heteroatoms. The molecule has 1 saturated carbocycles. The highest BCUT2D eigenvalue weighted by molar-refractivity contribution is 7.89. The molecule has 0 bridgehead atoms. The maximum absolute atomic E-state index is 13.2. The maximum Gasteiger partial charge on any atom is 0.331 e. The molecule has 38 heavy (non-hydrogen) atoms. The Balaban J connectivity index is 1.44. The zero-order valence-corrected chi connectivity index (χ0v) is 23.1. The van der Waals surface area contributed by atoms with E-state index < -0.39 is 21.5 Å². The third-order valence-electron chi connectivity index (χ3n) is 7.58. The maximum atomic E-state index is 13.2. The topological polar surface area (TPSA) is 113 Å². The molecule has 0 radical (unpaired) electrons. The van der Waals surface area contributed by atoms with Gasteiger partial charge in [-0.15, -0.1) is 0 Å². The number of nitrogens with one attached hydrogen (secondary N) is 1. The molecule has 1 heterocycles. The van der Waals surface area contributed by atoms with Gasteiger partial charge in [-0.05, 0) is 68.5 Å². The molecule has 4 rings (SSSR count). The molecule has 1 aliphatic carbocycles. The van der Waals surface area contributed by atoms with E-state index in [1.807, 2.05) is 0 Å². The molecule has 0 spiro atoms. The average Bonchev–Trinajstić information content (AvgIpc) is 2.92. The second-order valence-electron chi connectivity index (χ2n) is 10.4. The largest absolute Gasteiger partial charge is 0.497 e. The minimum Gasteiger partial charge on any atom is -0.497 e. The number of sulfonamides is 1. The molecule has 204 valence electrons. The van der Waals surface area contributed by atoms with E-state index in [9.17, 15) is 22.8 Å². The number of rotatable bonds is 7. The summed E-state index contributed by atoms with van der Waals surface area (Å²) in [5.41, 5.74) is 0.977. The Labute approximate surface area is 224 Å². The molecule has 0 unspecified atom stereocenters. The molecule has 1 aliphatic heterocycles. The van der Waals surface area contributed by atoms with E-state index in [4.69, 9.17) is 4.74 Å². The summed E-state index contributed by atoms with van der Waals surface area (Å²) in [7, 11) is -1.25. The van der Waals surface area contributed by atoms with Crippen molar-refractivity contribution in [1.82, 2.24) is 14.5 Å². The molecule has 0 saturated heterocycles. The first kappa shape index (κ1) is 27.6. The van der Waals surface area contributed by atoms with E-state index in [1.54, 1.807) is 44.2 Å². The first-order chi connectivity index (χ1) is 18.0. The monoisotopic (exact) mass is 541 g/mol. The van der Waals surface area contributed by atoms with E-state index in [-0.39, 0.29) is 29.3 Å². The number of nitrogens with zero attached hydrogens (tertiary/aromatic N) is 2. The van der Waals surface area contributed by atoms with Crippen LogP contribution in [-0.4, -0.2) is 62.2 Å². The van der Waals surface area contributed by atoms with Crippen LogP contribution in [0, 0.1) is 0 Å². The SMILES string of the molecule is COc1ccc2c(c1)C(=O)N(CCc1ccc(S(=O)(=O)N(C)C(=O)NC3CCCCC3)cc1)C(=O)C2(C)C. The molecule has 1 N–H and O–H groups in total. The summed E-state index contributed by atoms with van der Waals surface area (Å²) in [6.07, 6.45) is 5.24. The number of hydrogen-bond donors (Lipinski definition) is 1. The molecule has 4 amide bonds. The van der Waals surface area contributed by atoms with Crippen LogP contribution in [0.15, 0.2) is 47.4 Å². The molecule has 0 aromatic heterocycles. The number of urea groups is 1. The van der Waals surface area contributed by atoms with Crippen molar-refractivity contribution in [3.63, 3.8) is 0 Å². The van der Waals surface area contributed by atoms with Gasteiger partial charge in [0, 0.05) is 25.2 Å². The first-order valence-corrected chi connectivity index (χ1v) is 14.3. The fourth-order valence-corrected chi connectivity index (χ4v) is 6.18. The average molecular weight is 542 g/mol. The zero-order chi connectivity index (χ0) is 27.7. The fourth-order valence-electron chi connectivity index (χ4n) is 5.11. The number of benzene rings is 2. The van der Waals surface area contributed by atoms with Gasteiger partial charge < -0.3 is 10.1 Å². The molecular weight excluding hydrogens is 506 g/mol. The zero-order valence-electron chi connectivity index (χ0n) is 22.3. The third kappa shape index (κ3) is 5.27. The van der Waals surface area contributed by atoms with Crippen LogP contribution in [0.3, 0.4) is 0 Å². The Morgan fingerprint density at radius 3 is 2.37 bits per heavy atom. The predicted molar refractivity (Wildman–Crippen MR) is 143 cm³/mol. The van der Waals surface area contributed by atoms with E-state index in [0.29, 0.717) is 23.3 Å². The van der Waals surface area contributed by atoms with Crippen LogP contribution in [-0.2, 0) is 26.7 Å². The summed E-state index contributed by atoms with van der Waals surface area (Å²) in [5, 5.41) is 2.82. The van der Waals surface area contributed by atoms with Gasteiger partial charge in [0.15, 0.2) is 0 Å².